The van der Waals surface area contributed by atoms with Crippen LogP contribution in [0.25, 0.3) is 10.9 Å². The Bertz CT molecular complexity index is 879. The summed E-state index contributed by atoms with van der Waals surface area (Å²) in [5.74, 6) is -1.13. The maximum Gasteiger partial charge on any atom is 0.309 e. The van der Waals surface area contributed by atoms with E-state index >= 15 is 0 Å². The molecule has 2 aromatic rings. The first-order chi connectivity index (χ1) is 13.0. The van der Waals surface area contributed by atoms with Crippen LogP contribution in [-0.4, -0.2) is 52.7 Å². The van der Waals surface area contributed by atoms with Crippen LogP contribution in [0.2, 0.25) is 5.02 Å². The minimum absolute atomic E-state index is 0.0817. The van der Waals surface area contributed by atoms with Crippen molar-refractivity contribution in [3.05, 3.63) is 41.0 Å². The molecule has 2 atom stereocenters. The van der Waals surface area contributed by atoms with E-state index in [0.717, 1.165) is 18.2 Å². The lowest BCUT2D eigenvalue weighted by Crippen LogP contribution is -2.43. The number of carboxylic acid groups (broad SMARTS) is 1. The summed E-state index contributed by atoms with van der Waals surface area (Å²) in [6, 6.07) is 7.18. The summed E-state index contributed by atoms with van der Waals surface area (Å²) in [6.07, 6.45) is 3.48. The van der Waals surface area contributed by atoms with Gasteiger partial charge in [-0.25, -0.2) is 0 Å². The number of piperidine rings is 1. The fourth-order valence-electron chi connectivity index (χ4n) is 4.26. The van der Waals surface area contributed by atoms with Crippen LogP contribution in [0.4, 0.5) is 0 Å². The molecule has 0 saturated carbocycles. The molecular weight excluding hydrogens is 368 g/mol. The van der Waals surface area contributed by atoms with E-state index in [2.05, 4.69) is 4.98 Å². The number of nitrogens with zero attached hydrogens (tertiary/aromatic N) is 2. The molecule has 0 spiro atoms. The minimum atomic E-state index is -0.785. The number of carbonyl (C=O) groups excluding carboxylic acids is 1. The number of rotatable bonds is 3. The normalized spacial score (nSPS) is 23.7. The van der Waals surface area contributed by atoms with Crippen molar-refractivity contribution in [1.82, 2.24) is 9.88 Å². The van der Waals surface area contributed by atoms with Crippen molar-refractivity contribution in [2.45, 2.75) is 25.4 Å². The molecular formula is C20H21ClN2O4. The molecule has 2 fully saturated rings. The zero-order chi connectivity index (χ0) is 19.0. The molecule has 0 radical (unpaired) electrons. The molecule has 1 N–H and O–H groups in total. The summed E-state index contributed by atoms with van der Waals surface area (Å²) in [6.45, 7) is 1.66. The summed E-state index contributed by atoms with van der Waals surface area (Å²) >= 11 is 6.19. The predicted octanol–water partition coefficient (Wildman–Crippen LogP) is 3.23. The molecule has 1 unspecified atom stereocenters. The highest BCUT2D eigenvalue weighted by Crippen LogP contribution is 2.34. The molecule has 0 bridgehead atoms. The van der Waals surface area contributed by atoms with E-state index in [1.54, 1.807) is 23.2 Å². The van der Waals surface area contributed by atoms with E-state index in [0.29, 0.717) is 42.2 Å². The van der Waals surface area contributed by atoms with Gasteiger partial charge in [-0.3, -0.25) is 14.6 Å². The van der Waals surface area contributed by atoms with Crippen molar-refractivity contribution in [3.8, 4) is 0 Å². The summed E-state index contributed by atoms with van der Waals surface area (Å²) in [7, 11) is 0. The minimum Gasteiger partial charge on any atom is -0.481 e. The van der Waals surface area contributed by atoms with E-state index in [-0.39, 0.29) is 17.9 Å². The lowest BCUT2D eigenvalue weighted by atomic mass is 9.84. The molecule has 27 heavy (non-hydrogen) atoms. The number of hydrogen-bond donors (Lipinski definition) is 1. The zero-order valence-electron chi connectivity index (χ0n) is 14.8. The van der Waals surface area contributed by atoms with Gasteiger partial charge in [0.2, 0.25) is 0 Å². The highest BCUT2D eigenvalue weighted by molar-refractivity contribution is 6.32. The Morgan fingerprint density at radius 1 is 1.22 bits per heavy atom. The highest BCUT2D eigenvalue weighted by atomic mass is 35.5. The van der Waals surface area contributed by atoms with Gasteiger partial charge in [-0.1, -0.05) is 17.7 Å². The van der Waals surface area contributed by atoms with E-state index in [9.17, 15) is 14.7 Å². The summed E-state index contributed by atoms with van der Waals surface area (Å²) in [5.41, 5.74) is 1.16. The maximum atomic E-state index is 13.1. The standard InChI is InChI=1S/C20H21ClN2O4/c21-14-10-13-2-1-6-22-17(13)16(11-14)19(24)23-7-3-12(4-8-23)18-15(20(25)26)5-9-27-18/h1-2,6,10-12,15,18H,3-5,7-9H2,(H,25,26)/t15?,18-/m0/s1. The van der Waals surface area contributed by atoms with Gasteiger partial charge in [-0.15, -0.1) is 0 Å². The van der Waals surface area contributed by atoms with Crippen molar-refractivity contribution in [3.63, 3.8) is 0 Å². The third-order valence-electron chi connectivity index (χ3n) is 5.64. The Morgan fingerprint density at radius 3 is 2.74 bits per heavy atom. The van der Waals surface area contributed by atoms with Crippen molar-refractivity contribution >= 4 is 34.4 Å². The molecule has 2 aliphatic heterocycles. The Hall–Kier alpha value is -2.18. The van der Waals surface area contributed by atoms with Crippen LogP contribution in [0.5, 0.6) is 0 Å². The molecule has 7 heteroatoms. The van der Waals surface area contributed by atoms with Gasteiger partial charge in [-0.2, -0.15) is 0 Å². The first-order valence-corrected chi connectivity index (χ1v) is 9.60. The third-order valence-corrected chi connectivity index (χ3v) is 5.86. The van der Waals surface area contributed by atoms with Crippen molar-refractivity contribution in [1.29, 1.82) is 0 Å². The van der Waals surface area contributed by atoms with Gasteiger partial charge in [0, 0.05) is 36.3 Å². The van der Waals surface area contributed by atoms with Gasteiger partial charge in [0.15, 0.2) is 0 Å². The number of likely N-dealkylation sites (tertiary alicyclic amines) is 1. The van der Waals surface area contributed by atoms with Crippen molar-refractivity contribution in [2.24, 2.45) is 11.8 Å². The number of ether oxygens (including phenoxy) is 1. The molecule has 142 valence electrons. The fraction of sp³-hybridized carbons (Fsp3) is 0.450. The van der Waals surface area contributed by atoms with Crippen LogP contribution in [-0.2, 0) is 9.53 Å². The monoisotopic (exact) mass is 388 g/mol. The molecule has 4 rings (SSSR count). The lowest BCUT2D eigenvalue weighted by molar-refractivity contribution is -0.145. The number of aliphatic carboxylic acids is 1. The average molecular weight is 389 g/mol. The highest BCUT2D eigenvalue weighted by Gasteiger charge is 2.41. The van der Waals surface area contributed by atoms with Gasteiger partial charge in [0.25, 0.3) is 5.91 Å². The topological polar surface area (TPSA) is 79.7 Å². The summed E-state index contributed by atoms with van der Waals surface area (Å²) in [4.78, 5) is 30.6. The van der Waals surface area contributed by atoms with Gasteiger partial charge >= 0.3 is 5.97 Å². The van der Waals surface area contributed by atoms with Crippen LogP contribution < -0.4 is 0 Å². The molecule has 3 heterocycles. The number of carbonyl (C=O) groups is 2. The van der Waals surface area contributed by atoms with Crippen LogP contribution in [0.1, 0.15) is 29.6 Å². The predicted molar refractivity (Wildman–Crippen MR) is 101 cm³/mol. The second-order valence-electron chi connectivity index (χ2n) is 7.23. The van der Waals surface area contributed by atoms with E-state index in [1.165, 1.54) is 0 Å². The third kappa shape index (κ3) is 3.51. The first-order valence-electron chi connectivity index (χ1n) is 9.22. The van der Waals surface area contributed by atoms with Crippen LogP contribution in [0, 0.1) is 11.8 Å². The number of aromatic nitrogens is 1. The number of amides is 1. The van der Waals surface area contributed by atoms with Gasteiger partial charge in [0.1, 0.15) is 0 Å². The molecule has 2 aliphatic rings. The Morgan fingerprint density at radius 2 is 2.00 bits per heavy atom. The number of carboxylic acids is 1. The lowest BCUT2D eigenvalue weighted by Gasteiger charge is -2.35. The van der Waals surface area contributed by atoms with Crippen LogP contribution >= 0.6 is 11.6 Å². The van der Waals surface area contributed by atoms with Crippen LogP contribution in [0.3, 0.4) is 0 Å². The van der Waals surface area contributed by atoms with Crippen molar-refractivity contribution < 1.29 is 19.4 Å². The Labute approximate surface area is 162 Å². The van der Waals surface area contributed by atoms with Gasteiger partial charge in [0.05, 0.1) is 23.1 Å². The SMILES string of the molecule is O=C(O)C1CCO[C@H]1C1CCN(C(=O)c2cc(Cl)cc3cccnc23)CC1. The largest absolute Gasteiger partial charge is 0.481 e. The maximum absolute atomic E-state index is 13.1. The molecule has 2 saturated heterocycles. The van der Waals surface area contributed by atoms with Gasteiger partial charge in [-0.05, 0) is 43.4 Å². The molecule has 6 nitrogen and oxygen atoms in total. The number of fused-ring (bicyclic) bond motifs is 1. The summed E-state index contributed by atoms with van der Waals surface area (Å²) < 4.78 is 5.71. The molecule has 1 amide bonds. The molecule has 1 aromatic heterocycles. The van der Waals surface area contributed by atoms with E-state index in [4.69, 9.17) is 16.3 Å². The van der Waals surface area contributed by atoms with Crippen molar-refractivity contribution in [2.75, 3.05) is 19.7 Å². The van der Waals surface area contributed by atoms with Crippen LogP contribution in [0.15, 0.2) is 30.5 Å². The fourth-order valence-corrected chi connectivity index (χ4v) is 4.49. The number of benzene rings is 1. The molecule has 0 aliphatic carbocycles. The smallest absolute Gasteiger partial charge is 0.309 e. The second kappa shape index (κ2) is 7.44. The second-order valence-corrected chi connectivity index (χ2v) is 7.66. The molecule has 1 aromatic carbocycles. The van der Waals surface area contributed by atoms with E-state index in [1.807, 2.05) is 12.1 Å². The first kappa shape index (κ1) is 18.2. The quantitative estimate of drug-likeness (QED) is 0.873. The number of halogens is 1. The number of pyridine rings is 1. The van der Waals surface area contributed by atoms with Gasteiger partial charge < -0.3 is 14.7 Å². The Kier molecular flexibility index (Phi) is 5.02. The van der Waals surface area contributed by atoms with E-state index < -0.39 is 11.9 Å². The summed E-state index contributed by atoms with van der Waals surface area (Å²) in [5, 5.41) is 10.7. The average Bonchev–Trinajstić information content (AvgIpc) is 3.17. The Balaban J connectivity index is 1.49. The number of hydrogen-bond acceptors (Lipinski definition) is 4. The zero-order valence-corrected chi connectivity index (χ0v) is 15.6.